The summed E-state index contributed by atoms with van der Waals surface area (Å²) >= 11 is 0. The molecule has 0 spiro atoms. The van der Waals surface area contributed by atoms with Crippen LogP contribution in [-0.4, -0.2) is 11.9 Å². The summed E-state index contributed by atoms with van der Waals surface area (Å²) in [6.45, 7) is 3.85. The molecule has 0 bridgehead atoms. The third kappa shape index (κ3) is 3.27. The Morgan fingerprint density at radius 2 is 1.85 bits per heavy atom. The summed E-state index contributed by atoms with van der Waals surface area (Å²) in [6, 6.07) is 12.5. The van der Waals surface area contributed by atoms with E-state index in [1.54, 1.807) is 12.3 Å². The van der Waals surface area contributed by atoms with Crippen LogP contribution in [0.4, 0.5) is 0 Å². The molecule has 1 amide bonds. The molecule has 4 heteroatoms. The first-order chi connectivity index (χ1) is 9.59. The number of hydrogen-bond acceptors (Lipinski definition) is 3. The molecule has 2 aromatic rings. The lowest BCUT2D eigenvalue weighted by atomic mass is 10.0. The molecular formula is C16H20N2O2. The lowest BCUT2D eigenvalue weighted by Crippen LogP contribution is -2.45. The first-order valence-corrected chi connectivity index (χ1v) is 6.74. The number of hydrogen-bond donors (Lipinski definition) is 2. The molecule has 0 saturated heterocycles. The van der Waals surface area contributed by atoms with Gasteiger partial charge in [-0.15, -0.1) is 0 Å². The highest BCUT2D eigenvalue weighted by atomic mass is 16.3. The Bertz CT molecular complexity index is 535. The summed E-state index contributed by atoms with van der Waals surface area (Å²) in [5.74, 6) is 0.605. The van der Waals surface area contributed by atoms with Gasteiger partial charge in [0.1, 0.15) is 11.8 Å². The maximum Gasteiger partial charge on any atom is 0.238 e. The van der Waals surface area contributed by atoms with Gasteiger partial charge >= 0.3 is 0 Å². The highest BCUT2D eigenvalue weighted by molar-refractivity contribution is 5.82. The summed E-state index contributed by atoms with van der Waals surface area (Å²) in [6.07, 6.45) is 1.60. The minimum Gasteiger partial charge on any atom is -0.467 e. The molecule has 1 aromatic heterocycles. The van der Waals surface area contributed by atoms with Crippen LogP contribution >= 0.6 is 0 Å². The second-order valence-electron chi connectivity index (χ2n) is 5.14. The number of nitrogens with one attached hydrogen (secondary N) is 1. The highest BCUT2D eigenvalue weighted by Crippen LogP contribution is 2.22. The molecule has 1 heterocycles. The molecule has 1 aromatic carbocycles. The standard InChI is InChI=1S/C16H20N2O2/c1-11(2)14(17)16(19)18-15(13-9-6-10-20-13)12-7-4-3-5-8-12/h3-11,14-15H,17H2,1-2H3,(H,18,19). The van der Waals surface area contributed by atoms with E-state index in [-0.39, 0.29) is 17.9 Å². The van der Waals surface area contributed by atoms with Gasteiger partial charge < -0.3 is 15.5 Å². The Hall–Kier alpha value is -2.07. The Morgan fingerprint density at radius 1 is 1.15 bits per heavy atom. The van der Waals surface area contributed by atoms with E-state index < -0.39 is 6.04 Å². The van der Waals surface area contributed by atoms with Gasteiger partial charge in [0.15, 0.2) is 0 Å². The average Bonchev–Trinajstić information content (AvgIpc) is 2.98. The topological polar surface area (TPSA) is 68.3 Å². The van der Waals surface area contributed by atoms with E-state index in [0.717, 1.165) is 5.56 Å². The number of carbonyl (C=O) groups is 1. The van der Waals surface area contributed by atoms with Crippen LogP contribution in [0.15, 0.2) is 53.1 Å². The van der Waals surface area contributed by atoms with Gasteiger partial charge in [-0.1, -0.05) is 44.2 Å². The zero-order valence-corrected chi connectivity index (χ0v) is 11.7. The Labute approximate surface area is 119 Å². The molecule has 4 nitrogen and oxygen atoms in total. The normalized spacial score (nSPS) is 14.0. The lowest BCUT2D eigenvalue weighted by Gasteiger charge is -2.21. The van der Waals surface area contributed by atoms with E-state index in [9.17, 15) is 4.79 Å². The van der Waals surface area contributed by atoms with Crippen LogP contribution in [0.1, 0.15) is 31.2 Å². The molecule has 0 aliphatic heterocycles. The van der Waals surface area contributed by atoms with Gasteiger partial charge in [0, 0.05) is 0 Å². The first-order valence-electron chi connectivity index (χ1n) is 6.74. The van der Waals surface area contributed by atoms with Crippen molar-refractivity contribution in [2.24, 2.45) is 11.7 Å². The number of amides is 1. The summed E-state index contributed by atoms with van der Waals surface area (Å²) in [5, 5.41) is 2.96. The molecule has 2 rings (SSSR count). The van der Waals surface area contributed by atoms with Crippen molar-refractivity contribution in [2.45, 2.75) is 25.9 Å². The summed E-state index contributed by atoms with van der Waals surface area (Å²) < 4.78 is 5.44. The van der Waals surface area contributed by atoms with Gasteiger partial charge in [0.2, 0.25) is 5.91 Å². The van der Waals surface area contributed by atoms with Crippen molar-refractivity contribution in [1.29, 1.82) is 0 Å². The van der Waals surface area contributed by atoms with Crippen LogP contribution in [0.25, 0.3) is 0 Å². The monoisotopic (exact) mass is 272 g/mol. The Kier molecular flexibility index (Phi) is 4.58. The molecule has 0 fully saturated rings. The molecule has 2 unspecified atom stereocenters. The van der Waals surface area contributed by atoms with Crippen molar-refractivity contribution in [2.75, 3.05) is 0 Å². The van der Waals surface area contributed by atoms with Crippen LogP contribution in [0, 0.1) is 5.92 Å². The van der Waals surface area contributed by atoms with E-state index >= 15 is 0 Å². The van der Waals surface area contributed by atoms with Crippen molar-refractivity contribution < 1.29 is 9.21 Å². The van der Waals surface area contributed by atoms with Gasteiger partial charge in [-0.3, -0.25) is 4.79 Å². The van der Waals surface area contributed by atoms with Gasteiger partial charge in [-0.2, -0.15) is 0 Å². The van der Waals surface area contributed by atoms with E-state index in [2.05, 4.69) is 5.32 Å². The zero-order valence-electron chi connectivity index (χ0n) is 11.7. The number of nitrogens with two attached hydrogens (primary N) is 1. The molecule has 0 radical (unpaired) electrons. The smallest absolute Gasteiger partial charge is 0.238 e. The average molecular weight is 272 g/mol. The van der Waals surface area contributed by atoms with E-state index in [4.69, 9.17) is 10.2 Å². The fourth-order valence-electron chi connectivity index (χ4n) is 1.96. The molecule has 2 atom stereocenters. The Morgan fingerprint density at radius 3 is 2.40 bits per heavy atom. The molecule has 0 aliphatic carbocycles. The minimum absolute atomic E-state index is 0.0861. The van der Waals surface area contributed by atoms with E-state index in [1.807, 2.05) is 50.2 Å². The Balaban J connectivity index is 2.23. The molecule has 0 saturated carbocycles. The SMILES string of the molecule is CC(C)C(N)C(=O)NC(c1ccccc1)c1ccco1. The van der Waals surface area contributed by atoms with E-state index in [1.165, 1.54) is 0 Å². The maximum atomic E-state index is 12.2. The maximum absolute atomic E-state index is 12.2. The first kappa shape index (κ1) is 14.3. The fourth-order valence-corrected chi connectivity index (χ4v) is 1.96. The lowest BCUT2D eigenvalue weighted by molar-refractivity contribution is -0.123. The number of carbonyl (C=O) groups excluding carboxylic acids is 1. The van der Waals surface area contributed by atoms with Gasteiger partial charge in [0.25, 0.3) is 0 Å². The van der Waals surface area contributed by atoms with Crippen molar-refractivity contribution >= 4 is 5.91 Å². The van der Waals surface area contributed by atoms with Crippen LogP contribution in [0.5, 0.6) is 0 Å². The van der Waals surface area contributed by atoms with Gasteiger partial charge in [-0.05, 0) is 23.6 Å². The van der Waals surface area contributed by atoms with Crippen molar-refractivity contribution in [3.05, 3.63) is 60.1 Å². The second-order valence-corrected chi connectivity index (χ2v) is 5.14. The molecule has 106 valence electrons. The molecular weight excluding hydrogens is 252 g/mol. The van der Waals surface area contributed by atoms with Crippen LogP contribution in [-0.2, 0) is 4.79 Å². The number of rotatable bonds is 5. The molecule has 20 heavy (non-hydrogen) atoms. The number of benzene rings is 1. The minimum atomic E-state index is -0.531. The summed E-state index contributed by atoms with van der Waals surface area (Å²) in [5.41, 5.74) is 6.86. The second kappa shape index (κ2) is 6.39. The predicted molar refractivity (Wildman–Crippen MR) is 77.9 cm³/mol. The molecule has 0 aliphatic rings. The third-order valence-electron chi connectivity index (χ3n) is 3.27. The van der Waals surface area contributed by atoms with Crippen LogP contribution in [0.3, 0.4) is 0 Å². The van der Waals surface area contributed by atoms with Gasteiger partial charge in [-0.25, -0.2) is 0 Å². The largest absolute Gasteiger partial charge is 0.467 e. The van der Waals surface area contributed by atoms with Crippen LogP contribution in [0.2, 0.25) is 0 Å². The summed E-state index contributed by atoms with van der Waals surface area (Å²) in [7, 11) is 0. The molecule has 3 N–H and O–H groups in total. The number of furan rings is 1. The predicted octanol–water partition coefficient (Wildman–Crippen LogP) is 2.47. The van der Waals surface area contributed by atoms with Crippen molar-refractivity contribution in [3.8, 4) is 0 Å². The van der Waals surface area contributed by atoms with Gasteiger partial charge in [0.05, 0.1) is 12.3 Å². The van der Waals surface area contributed by atoms with Crippen molar-refractivity contribution in [1.82, 2.24) is 5.32 Å². The van der Waals surface area contributed by atoms with Crippen molar-refractivity contribution in [3.63, 3.8) is 0 Å². The zero-order chi connectivity index (χ0) is 14.5. The fraction of sp³-hybridized carbons (Fsp3) is 0.312. The quantitative estimate of drug-likeness (QED) is 0.878. The third-order valence-corrected chi connectivity index (χ3v) is 3.27. The highest BCUT2D eigenvalue weighted by Gasteiger charge is 2.24. The summed E-state index contributed by atoms with van der Waals surface area (Å²) in [4.78, 5) is 12.2. The van der Waals surface area contributed by atoms with E-state index in [0.29, 0.717) is 5.76 Å². The van der Waals surface area contributed by atoms with Crippen LogP contribution < -0.4 is 11.1 Å².